The molecule has 31 heavy (non-hydrogen) atoms. The fourth-order valence-electron chi connectivity index (χ4n) is 2.68. The zero-order chi connectivity index (χ0) is 22.5. The normalized spacial score (nSPS) is 9.97. The molecular formula is C24H27N3O4. The van der Waals surface area contributed by atoms with E-state index in [1.165, 1.54) is 6.33 Å². The van der Waals surface area contributed by atoms with Gasteiger partial charge in [-0.25, -0.2) is 9.97 Å². The van der Waals surface area contributed by atoms with E-state index in [4.69, 9.17) is 25.4 Å². The van der Waals surface area contributed by atoms with E-state index in [0.29, 0.717) is 43.7 Å². The lowest BCUT2D eigenvalue weighted by atomic mass is 10.2. The summed E-state index contributed by atoms with van der Waals surface area (Å²) >= 11 is 0. The molecule has 0 atom stereocenters. The molecule has 0 fully saturated rings. The lowest BCUT2D eigenvalue weighted by Crippen LogP contribution is -2.09. The monoisotopic (exact) mass is 421 g/mol. The van der Waals surface area contributed by atoms with E-state index < -0.39 is 0 Å². The van der Waals surface area contributed by atoms with E-state index in [1.54, 1.807) is 14.2 Å². The molecule has 0 radical (unpaired) electrons. The number of rotatable bonds is 10. The molecule has 3 aromatic rings. The summed E-state index contributed by atoms with van der Waals surface area (Å²) in [5.41, 5.74) is 2.34. The van der Waals surface area contributed by atoms with Crippen LogP contribution in [-0.2, 0) is 9.47 Å². The van der Waals surface area contributed by atoms with Crippen molar-refractivity contribution >= 4 is 22.4 Å². The van der Waals surface area contributed by atoms with Crippen molar-refractivity contribution in [3.63, 3.8) is 0 Å². The van der Waals surface area contributed by atoms with Crippen molar-refractivity contribution in [2.45, 2.75) is 0 Å². The zero-order valence-corrected chi connectivity index (χ0v) is 17.9. The van der Waals surface area contributed by atoms with Gasteiger partial charge in [-0.3, -0.25) is 0 Å². The van der Waals surface area contributed by atoms with Crippen LogP contribution in [0.15, 0.2) is 55.9 Å². The van der Waals surface area contributed by atoms with Gasteiger partial charge in [-0.05, 0) is 24.3 Å². The van der Waals surface area contributed by atoms with Gasteiger partial charge in [0.05, 0.1) is 18.7 Å². The fourth-order valence-corrected chi connectivity index (χ4v) is 2.68. The number of anilines is 2. The number of ether oxygens (including phenoxy) is 4. The van der Waals surface area contributed by atoms with E-state index in [9.17, 15) is 0 Å². The highest BCUT2D eigenvalue weighted by Crippen LogP contribution is 2.35. The average Bonchev–Trinajstić information content (AvgIpc) is 2.81. The van der Waals surface area contributed by atoms with E-state index in [2.05, 4.69) is 34.4 Å². The molecular weight excluding hydrogens is 394 g/mol. The Hall–Kier alpha value is -3.60. The minimum absolute atomic E-state index is 0.392. The first kappa shape index (κ1) is 23.7. The van der Waals surface area contributed by atoms with Gasteiger partial charge in [-0.15, -0.1) is 19.6 Å². The highest BCUT2D eigenvalue weighted by atomic mass is 16.5. The first-order valence-corrected chi connectivity index (χ1v) is 9.61. The third kappa shape index (κ3) is 6.71. The molecule has 1 N–H and O–H groups in total. The molecule has 1 heterocycles. The van der Waals surface area contributed by atoms with Gasteiger partial charge in [-0.1, -0.05) is 12.0 Å². The standard InChI is InChI=1S/C22H23N3O4.C2H4/c1-4-16-6-5-7-17(12-16)25-22-18-13-20(28-10-8-26-2)21(29-11-9-27-3)14-19(18)23-15-24-22;1-2/h1,5-7,12-15H,8-11H2,2-3H3,(H,23,24,25);1-2H2. The highest BCUT2D eigenvalue weighted by Gasteiger charge is 2.13. The first-order chi connectivity index (χ1) is 15.2. The maximum Gasteiger partial charge on any atom is 0.163 e. The van der Waals surface area contributed by atoms with Gasteiger partial charge in [0.1, 0.15) is 25.4 Å². The van der Waals surface area contributed by atoms with Crippen molar-refractivity contribution in [1.29, 1.82) is 0 Å². The summed E-state index contributed by atoms with van der Waals surface area (Å²) in [5, 5.41) is 4.10. The molecule has 0 bridgehead atoms. The van der Waals surface area contributed by atoms with E-state index in [0.717, 1.165) is 22.2 Å². The average molecular weight is 421 g/mol. The second-order valence-electron chi connectivity index (χ2n) is 6.07. The Labute approximate surface area is 183 Å². The minimum Gasteiger partial charge on any atom is -0.487 e. The zero-order valence-electron chi connectivity index (χ0n) is 17.9. The van der Waals surface area contributed by atoms with E-state index in [-0.39, 0.29) is 0 Å². The lowest BCUT2D eigenvalue weighted by molar-refractivity contribution is 0.132. The molecule has 0 aliphatic heterocycles. The Balaban J connectivity index is 0.00000166. The van der Waals surface area contributed by atoms with Crippen molar-refractivity contribution in [3.05, 3.63) is 61.4 Å². The number of aromatic nitrogens is 2. The van der Waals surface area contributed by atoms with E-state index in [1.807, 2.05) is 36.4 Å². The predicted molar refractivity (Wildman–Crippen MR) is 123 cm³/mol. The van der Waals surface area contributed by atoms with Crippen molar-refractivity contribution < 1.29 is 18.9 Å². The molecule has 2 aromatic carbocycles. The Morgan fingerprint density at radius 1 is 0.935 bits per heavy atom. The van der Waals surface area contributed by atoms with Crippen LogP contribution in [0.25, 0.3) is 10.9 Å². The molecule has 0 saturated carbocycles. The molecule has 0 aliphatic carbocycles. The number of hydrogen-bond acceptors (Lipinski definition) is 7. The van der Waals surface area contributed by atoms with Gasteiger partial charge in [0, 0.05) is 36.9 Å². The van der Waals surface area contributed by atoms with Crippen LogP contribution in [0.2, 0.25) is 0 Å². The van der Waals surface area contributed by atoms with Crippen molar-refractivity contribution in [3.8, 4) is 23.8 Å². The molecule has 7 heteroatoms. The van der Waals surface area contributed by atoms with Crippen LogP contribution >= 0.6 is 0 Å². The van der Waals surface area contributed by atoms with Crippen molar-refractivity contribution in [1.82, 2.24) is 9.97 Å². The van der Waals surface area contributed by atoms with Crippen LogP contribution in [0.1, 0.15) is 5.56 Å². The topological polar surface area (TPSA) is 74.7 Å². The first-order valence-electron chi connectivity index (χ1n) is 9.61. The molecule has 3 rings (SSSR count). The van der Waals surface area contributed by atoms with Crippen molar-refractivity contribution in [2.75, 3.05) is 46.0 Å². The molecule has 1 aromatic heterocycles. The van der Waals surface area contributed by atoms with Crippen LogP contribution in [0.3, 0.4) is 0 Å². The third-order valence-corrected chi connectivity index (χ3v) is 4.08. The molecule has 0 saturated heterocycles. The number of methoxy groups -OCH3 is 2. The number of hydrogen-bond donors (Lipinski definition) is 1. The summed E-state index contributed by atoms with van der Waals surface area (Å²) in [4.78, 5) is 8.75. The summed E-state index contributed by atoms with van der Waals surface area (Å²) in [7, 11) is 3.25. The van der Waals surface area contributed by atoms with Gasteiger partial charge >= 0.3 is 0 Å². The molecule has 0 amide bonds. The molecule has 162 valence electrons. The van der Waals surface area contributed by atoms with Crippen LogP contribution in [0, 0.1) is 12.3 Å². The van der Waals surface area contributed by atoms with Gasteiger partial charge in [0.15, 0.2) is 11.5 Å². The molecule has 7 nitrogen and oxygen atoms in total. The summed E-state index contributed by atoms with van der Waals surface area (Å²) in [5.74, 6) is 4.44. The second-order valence-corrected chi connectivity index (χ2v) is 6.07. The van der Waals surface area contributed by atoms with Crippen LogP contribution in [-0.4, -0.2) is 50.6 Å². The summed E-state index contributed by atoms with van der Waals surface area (Å²) < 4.78 is 21.8. The number of nitrogens with zero attached hydrogens (tertiary/aromatic N) is 2. The van der Waals surface area contributed by atoms with Crippen molar-refractivity contribution in [2.24, 2.45) is 0 Å². The molecule has 0 aliphatic rings. The number of nitrogens with one attached hydrogen (secondary N) is 1. The number of benzene rings is 2. The predicted octanol–water partition coefficient (Wildman–Crippen LogP) is 4.21. The second kappa shape index (κ2) is 12.9. The Bertz CT molecular complexity index is 1020. The molecule has 0 unspecified atom stereocenters. The number of fused-ring (bicyclic) bond motifs is 1. The van der Waals surface area contributed by atoms with Crippen LogP contribution in [0.5, 0.6) is 11.5 Å². The van der Waals surface area contributed by atoms with Crippen LogP contribution in [0.4, 0.5) is 11.5 Å². The van der Waals surface area contributed by atoms with Gasteiger partial charge in [0.25, 0.3) is 0 Å². The maximum atomic E-state index is 5.86. The number of terminal acetylenes is 1. The minimum atomic E-state index is 0.392. The van der Waals surface area contributed by atoms with Crippen LogP contribution < -0.4 is 14.8 Å². The smallest absolute Gasteiger partial charge is 0.163 e. The van der Waals surface area contributed by atoms with Gasteiger partial charge in [-0.2, -0.15) is 0 Å². The Morgan fingerprint density at radius 2 is 1.61 bits per heavy atom. The maximum absolute atomic E-state index is 5.86. The largest absolute Gasteiger partial charge is 0.487 e. The highest BCUT2D eigenvalue weighted by molar-refractivity contribution is 5.93. The Morgan fingerprint density at radius 3 is 2.26 bits per heavy atom. The van der Waals surface area contributed by atoms with E-state index >= 15 is 0 Å². The Kier molecular flexibility index (Phi) is 9.82. The van der Waals surface area contributed by atoms with Gasteiger partial charge in [0.2, 0.25) is 0 Å². The van der Waals surface area contributed by atoms with Gasteiger partial charge < -0.3 is 24.3 Å². The molecule has 0 spiro atoms. The SMILES string of the molecule is C#Cc1cccc(Nc2ncnc3cc(OCCOC)c(OCCOC)cc23)c1.C=C. The summed E-state index contributed by atoms with van der Waals surface area (Å²) in [6.45, 7) is 7.73. The fraction of sp³-hybridized carbons (Fsp3) is 0.250. The lowest BCUT2D eigenvalue weighted by Gasteiger charge is -2.15. The summed E-state index contributed by atoms with van der Waals surface area (Å²) in [6.07, 6.45) is 6.99. The third-order valence-electron chi connectivity index (χ3n) is 4.08. The summed E-state index contributed by atoms with van der Waals surface area (Å²) in [6, 6.07) is 11.3. The quantitative estimate of drug-likeness (QED) is 0.299.